The lowest BCUT2D eigenvalue weighted by molar-refractivity contribution is -0.124. The van der Waals surface area contributed by atoms with Gasteiger partial charge in [0.25, 0.3) is 11.8 Å². The van der Waals surface area contributed by atoms with Crippen LogP contribution in [-0.2, 0) is 4.79 Å². The second-order valence-electron chi connectivity index (χ2n) is 6.24. The Kier molecular flexibility index (Phi) is 5.98. The van der Waals surface area contributed by atoms with Gasteiger partial charge in [-0.15, -0.1) is 12.4 Å². The van der Waals surface area contributed by atoms with Crippen LogP contribution < -0.4 is 10.6 Å². The first-order valence-corrected chi connectivity index (χ1v) is 8.14. The van der Waals surface area contributed by atoms with E-state index >= 15 is 0 Å². The van der Waals surface area contributed by atoms with Crippen LogP contribution in [-0.4, -0.2) is 48.3 Å². The summed E-state index contributed by atoms with van der Waals surface area (Å²) in [6, 6.07) is 4.30. The summed E-state index contributed by atoms with van der Waals surface area (Å²) in [5, 5.41) is 6.04. The topological polar surface area (TPSA) is 78.5 Å². The van der Waals surface area contributed by atoms with E-state index in [-0.39, 0.29) is 18.3 Å². The minimum Gasteiger partial charge on any atom is -0.351 e. The number of aryl methyl sites for hydroxylation is 1. The van der Waals surface area contributed by atoms with Crippen LogP contribution in [0.4, 0.5) is 0 Å². The molecule has 6 nitrogen and oxygen atoms in total. The van der Waals surface area contributed by atoms with Crippen molar-refractivity contribution in [2.75, 3.05) is 19.6 Å². The minimum atomic E-state index is -0.833. The summed E-state index contributed by atoms with van der Waals surface area (Å²) in [4.78, 5) is 38.4. The first kappa shape index (κ1) is 19.1. The van der Waals surface area contributed by atoms with E-state index in [1.807, 2.05) is 6.92 Å². The molecule has 2 aliphatic rings. The third-order valence-corrected chi connectivity index (χ3v) is 4.49. The fourth-order valence-electron chi connectivity index (χ4n) is 3.02. The number of hydrogen-bond donors (Lipinski definition) is 2. The zero-order chi connectivity index (χ0) is 17.3. The highest BCUT2D eigenvalue weighted by atomic mass is 35.5. The normalized spacial score (nSPS) is 17.5. The average molecular weight is 364 g/mol. The lowest BCUT2D eigenvalue weighted by Gasteiger charge is -2.22. The summed E-state index contributed by atoms with van der Waals surface area (Å²) in [5.41, 5.74) is 2.81. The van der Waals surface area contributed by atoms with Gasteiger partial charge in [-0.3, -0.25) is 19.3 Å². The summed E-state index contributed by atoms with van der Waals surface area (Å²) in [7, 11) is 0. The number of fused-ring (bicyclic) bond motifs is 1. The predicted octanol–water partition coefficient (Wildman–Crippen LogP) is 1.44. The number of nitrogens with zero attached hydrogens (tertiary/aromatic N) is 1. The number of hydrogen-bond acceptors (Lipinski definition) is 4. The number of halogens is 1. The molecule has 1 aromatic carbocycles. The van der Waals surface area contributed by atoms with Crippen molar-refractivity contribution in [1.29, 1.82) is 0 Å². The first-order chi connectivity index (χ1) is 11.5. The van der Waals surface area contributed by atoms with Crippen molar-refractivity contribution in [1.82, 2.24) is 15.5 Å². The van der Waals surface area contributed by atoms with E-state index in [0.29, 0.717) is 17.7 Å². The maximum atomic E-state index is 12.5. The molecule has 25 heavy (non-hydrogen) atoms. The largest absolute Gasteiger partial charge is 0.351 e. The van der Waals surface area contributed by atoms with Crippen LogP contribution in [0.2, 0.25) is 0 Å². The van der Waals surface area contributed by atoms with Crippen LogP contribution in [0.1, 0.15) is 39.6 Å². The summed E-state index contributed by atoms with van der Waals surface area (Å²) >= 11 is 0. The molecule has 0 spiro atoms. The van der Waals surface area contributed by atoms with Gasteiger partial charge in [-0.1, -0.05) is 23.3 Å². The highest BCUT2D eigenvalue weighted by molar-refractivity contribution is 6.22. The second kappa shape index (κ2) is 7.80. The van der Waals surface area contributed by atoms with Crippen molar-refractivity contribution in [3.05, 3.63) is 46.5 Å². The number of amides is 3. The second-order valence-corrected chi connectivity index (χ2v) is 6.24. The molecule has 3 amide bonds. The van der Waals surface area contributed by atoms with E-state index in [9.17, 15) is 14.4 Å². The lowest BCUT2D eigenvalue weighted by Crippen LogP contribution is -2.48. The van der Waals surface area contributed by atoms with Gasteiger partial charge >= 0.3 is 0 Å². The zero-order valence-electron chi connectivity index (χ0n) is 14.3. The fraction of sp³-hybridized carbons (Fsp3) is 0.389. The number of carbonyl (C=O) groups excluding carboxylic acids is 3. The quantitative estimate of drug-likeness (QED) is 0.626. The van der Waals surface area contributed by atoms with Gasteiger partial charge in [-0.05, 0) is 38.9 Å². The molecular weight excluding hydrogens is 342 g/mol. The Labute approximate surface area is 153 Å². The zero-order valence-corrected chi connectivity index (χ0v) is 15.1. The van der Waals surface area contributed by atoms with Crippen molar-refractivity contribution in [2.45, 2.75) is 26.3 Å². The molecule has 1 unspecified atom stereocenters. The van der Waals surface area contributed by atoms with Gasteiger partial charge in [0.05, 0.1) is 11.1 Å². The SMILES string of the molecule is Cc1ccc2c(c1)C(=O)N(C(C)C(=O)NCC1=CCNCC1)C2=O.Cl. The van der Waals surface area contributed by atoms with Crippen LogP contribution in [0.5, 0.6) is 0 Å². The van der Waals surface area contributed by atoms with Gasteiger partial charge in [-0.25, -0.2) is 0 Å². The Bertz CT molecular complexity index is 745. The van der Waals surface area contributed by atoms with E-state index in [1.54, 1.807) is 25.1 Å². The third-order valence-electron chi connectivity index (χ3n) is 4.49. The molecule has 0 fully saturated rings. The number of imide groups is 1. The average Bonchev–Trinajstić information content (AvgIpc) is 2.83. The molecule has 1 aromatic rings. The van der Waals surface area contributed by atoms with Gasteiger partial charge in [-0.2, -0.15) is 0 Å². The van der Waals surface area contributed by atoms with Crippen molar-refractivity contribution >= 4 is 30.1 Å². The molecule has 3 rings (SSSR count). The molecule has 1 atom stereocenters. The van der Waals surface area contributed by atoms with Gasteiger partial charge in [0.15, 0.2) is 0 Å². The van der Waals surface area contributed by atoms with Crippen molar-refractivity contribution in [3.8, 4) is 0 Å². The van der Waals surface area contributed by atoms with Crippen LogP contribution >= 0.6 is 12.4 Å². The predicted molar refractivity (Wildman–Crippen MR) is 97.0 cm³/mol. The van der Waals surface area contributed by atoms with Crippen LogP contribution in [0, 0.1) is 6.92 Å². The third kappa shape index (κ3) is 3.75. The van der Waals surface area contributed by atoms with Gasteiger partial charge in [0, 0.05) is 13.1 Å². The van der Waals surface area contributed by atoms with Gasteiger partial charge in [0.2, 0.25) is 5.91 Å². The smallest absolute Gasteiger partial charge is 0.262 e. The number of benzene rings is 1. The maximum absolute atomic E-state index is 12.5. The fourth-order valence-corrected chi connectivity index (χ4v) is 3.02. The summed E-state index contributed by atoms with van der Waals surface area (Å²) in [6.07, 6.45) is 2.94. The molecule has 0 saturated carbocycles. The molecule has 2 aliphatic heterocycles. The standard InChI is InChI=1S/C18H21N3O3.ClH/c1-11-3-4-14-15(9-11)18(24)21(17(14)23)12(2)16(22)20-10-13-5-7-19-8-6-13;/h3-5,9,12,19H,6-8,10H2,1-2H3,(H,20,22);1H. The van der Waals surface area contributed by atoms with Crippen LogP contribution in [0.15, 0.2) is 29.8 Å². The molecule has 0 aromatic heterocycles. The molecule has 0 saturated heterocycles. The number of rotatable bonds is 4. The summed E-state index contributed by atoms with van der Waals surface area (Å²) in [5.74, 6) is -1.12. The molecular formula is C18H22ClN3O3. The Morgan fingerprint density at radius 3 is 2.68 bits per heavy atom. The first-order valence-electron chi connectivity index (χ1n) is 8.14. The monoisotopic (exact) mass is 363 g/mol. The maximum Gasteiger partial charge on any atom is 0.262 e. The van der Waals surface area contributed by atoms with Crippen LogP contribution in [0.3, 0.4) is 0 Å². The Morgan fingerprint density at radius 1 is 1.28 bits per heavy atom. The number of carbonyl (C=O) groups is 3. The van der Waals surface area contributed by atoms with E-state index in [1.165, 1.54) is 0 Å². The summed E-state index contributed by atoms with van der Waals surface area (Å²) < 4.78 is 0. The van der Waals surface area contributed by atoms with Gasteiger partial charge < -0.3 is 10.6 Å². The van der Waals surface area contributed by atoms with Crippen molar-refractivity contribution in [2.24, 2.45) is 0 Å². The molecule has 2 N–H and O–H groups in total. The highest BCUT2D eigenvalue weighted by Crippen LogP contribution is 2.25. The molecule has 2 heterocycles. The molecule has 134 valence electrons. The molecule has 7 heteroatoms. The Balaban J connectivity index is 0.00000225. The van der Waals surface area contributed by atoms with Crippen molar-refractivity contribution in [3.63, 3.8) is 0 Å². The number of nitrogens with one attached hydrogen (secondary N) is 2. The molecule has 0 radical (unpaired) electrons. The minimum absolute atomic E-state index is 0. The van der Waals surface area contributed by atoms with E-state index in [4.69, 9.17) is 0 Å². The van der Waals surface area contributed by atoms with Gasteiger partial charge in [0.1, 0.15) is 6.04 Å². The van der Waals surface area contributed by atoms with Crippen molar-refractivity contribution < 1.29 is 14.4 Å². The Hall–Kier alpha value is -2.18. The lowest BCUT2D eigenvalue weighted by atomic mass is 10.1. The summed E-state index contributed by atoms with van der Waals surface area (Å²) in [6.45, 7) is 5.60. The van der Waals surface area contributed by atoms with E-state index in [2.05, 4.69) is 16.7 Å². The van der Waals surface area contributed by atoms with E-state index < -0.39 is 17.9 Å². The molecule has 0 bridgehead atoms. The van der Waals surface area contributed by atoms with E-state index in [0.717, 1.165) is 35.5 Å². The molecule has 0 aliphatic carbocycles. The Morgan fingerprint density at radius 2 is 2.00 bits per heavy atom. The highest BCUT2D eigenvalue weighted by Gasteiger charge is 2.40. The van der Waals surface area contributed by atoms with Crippen LogP contribution in [0.25, 0.3) is 0 Å².